The number of hydrogen-bond acceptors (Lipinski definition) is 2. The van der Waals surface area contributed by atoms with Gasteiger partial charge in [0.2, 0.25) is 0 Å². The Labute approximate surface area is 113 Å². The third-order valence-electron chi connectivity index (χ3n) is 2.48. The molecule has 0 aliphatic heterocycles. The summed E-state index contributed by atoms with van der Waals surface area (Å²) in [4.78, 5) is 10.9. The molecule has 0 saturated carbocycles. The summed E-state index contributed by atoms with van der Waals surface area (Å²) in [5, 5.41) is 0. The van der Waals surface area contributed by atoms with Crippen molar-refractivity contribution in [3.63, 3.8) is 0 Å². The molecule has 0 N–H and O–H groups in total. The van der Waals surface area contributed by atoms with E-state index in [1.807, 2.05) is 0 Å². The van der Waals surface area contributed by atoms with Crippen molar-refractivity contribution in [1.29, 1.82) is 0 Å². The summed E-state index contributed by atoms with van der Waals surface area (Å²) in [6.45, 7) is 1.66. The fourth-order valence-electron chi connectivity index (χ4n) is 1.51. The zero-order valence-electron chi connectivity index (χ0n) is 9.61. The Hall–Kier alpha value is -1.68. The van der Waals surface area contributed by atoms with Crippen molar-refractivity contribution in [2.75, 3.05) is 0 Å². The van der Waals surface area contributed by atoms with Crippen molar-refractivity contribution in [2.45, 2.75) is 6.92 Å². The quantitative estimate of drug-likeness (QED) is 0.780. The molecular weight excluding hydrogens is 299 g/mol. The first-order valence-electron chi connectivity index (χ1n) is 5.29. The van der Waals surface area contributed by atoms with Gasteiger partial charge in [0.05, 0.1) is 5.56 Å². The first kappa shape index (κ1) is 12.8. The molecule has 0 heterocycles. The van der Waals surface area contributed by atoms with Crippen molar-refractivity contribution in [3.8, 4) is 11.5 Å². The Morgan fingerprint density at radius 2 is 2.00 bits per heavy atom. The molecule has 2 aromatic rings. The number of ether oxygens (including phenoxy) is 1. The van der Waals surface area contributed by atoms with Crippen molar-refractivity contribution >= 4 is 22.2 Å². The van der Waals surface area contributed by atoms with Crippen LogP contribution >= 0.6 is 15.9 Å². The Balaban J connectivity index is 2.42. The smallest absolute Gasteiger partial charge is 0.168 e. The summed E-state index contributed by atoms with van der Waals surface area (Å²) in [5.74, 6) is 0.00870. The molecule has 2 aromatic carbocycles. The highest BCUT2D eigenvalue weighted by atomic mass is 79.9. The zero-order valence-corrected chi connectivity index (χ0v) is 11.2. The molecular formula is C14H10BrFO2. The lowest BCUT2D eigenvalue weighted by Crippen LogP contribution is -1.94. The molecule has 0 saturated heterocycles. The molecule has 0 spiro atoms. The lowest BCUT2D eigenvalue weighted by atomic mass is 10.2. The maximum atomic E-state index is 13.8. The van der Waals surface area contributed by atoms with Gasteiger partial charge in [-0.2, -0.15) is 0 Å². The summed E-state index contributed by atoms with van der Waals surface area (Å²) < 4.78 is 20.0. The highest BCUT2D eigenvalue weighted by molar-refractivity contribution is 9.10. The molecule has 0 atom stereocenters. The summed E-state index contributed by atoms with van der Waals surface area (Å²) in [6, 6.07) is 9.85. The molecule has 0 fully saturated rings. The molecule has 0 aromatic heterocycles. The van der Waals surface area contributed by atoms with E-state index in [9.17, 15) is 9.18 Å². The van der Waals surface area contributed by atoms with Crippen LogP contribution in [-0.2, 0) is 0 Å². The third-order valence-corrected chi connectivity index (χ3v) is 2.97. The zero-order chi connectivity index (χ0) is 13.1. The summed E-state index contributed by atoms with van der Waals surface area (Å²) >= 11 is 3.28. The number of benzene rings is 2. The standard InChI is InChI=1S/C14H10BrFO2/c1-9-3-2-4-12(14(9)16)18-13-7-11(15)6-5-10(13)8-17/h2-8H,1H3. The molecule has 0 bridgehead atoms. The largest absolute Gasteiger partial charge is 0.453 e. The van der Waals surface area contributed by atoms with E-state index in [1.54, 1.807) is 37.3 Å². The molecule has 0 amide bonds. The predicted octanol–water partition coefficient (Wildman–Crippen LogP) is 4.50. The van der Waals surface area contributed by atoms with Gasteiger partial charge < -0.3 is 4.74 Å². The van der Waals surface area contributed by atoms with Crippen LogP contribution in [0.15, 0.2) is 40.9 Å². The van der Waals surface area contributed by atoms with Crippen molar-refractivity contribution < 1.29 is 13.9 Å². The maximum absolute atomic E-state index is 13.8. The van der Waals surface area contributed by atoms with Crippen LogP contribution in [0.25, 0.3) is 0 Å². The van der Waals surface area contributed by atoms with E-state index < -0.39 is 5.82 Å². The molecule has 0 unspecified atom stereocenters. The van der Waals surface area contributed by atoms with Gasteiger partial charge in [0.1, 0.15) is 5.75 Å². The summed E-state index contributed by atoms with van der Waals surface area (Å²) in [5.41, 5.74) is 0.870. The van der Waals surface area contributed by atoms with E-state index in [0.717, 1.165) is 4.47 Å². The van der Waals surface area contributed by atoms with Gasteiger partial charge in [0.15, 0.2) is 17.9 Å². The fourth-order valence-corrected chi connectivity index (χ4v) is 1.85. The molecule has 2 nitrogen and oxygen atoms in total. The van der Waals surface area contributed by atoms with Gasteiger partial charge in [-0.15, -0.1) is 0 Å². The van der Waals surface area contributed by atoms with Crippen LogP contribution in [0.1, 0.15) is 15.9 Å². The molecule has 0 radical (unpaired) electrons. The number of aldehydes is 1. The van der Waals surface area contributed by atoms with Crippen LogP contribution in [0.4, 0.5) is 4.39 Å². The Kier molecular flexibility index (Phi) is 3.77. The monoisotopic (exact) mass is 308 g/mol. The van der Waals surface area contributed by atoms with E-state index in [-0.39, 0.29) is 5.75 Å². The fraction of sp³-hybridized carbons (Fsp3) is 0.0714. The molecule has 4 heteroatoms. The van der Waals surface area contributed by atoms with E-state index in [1.165, 1.54) is 6.07 Å². The molecule has 18 heavy (non-hydrogen) atoms. The number of carbonyl (C=O) groups excluding carboxylic acids is 1. The van der Waals surface area contributed by atoms with Crippen LogP contribution in [0.2, 0.25) is 0 Å². The van der Waals surface area contributed by atoms with Crippen LogP contribution in [0.5, 0.6) is 11.5 Å². The number of halogens is 2. The van der Waals surface area contributed by atoms with E-state index in [4.69, 9.17) is 4.74 Å². The van der Waals surface area contributed by atoms with Crippen molar-refractivity contribution in [3.05, 3.63) is 57.8 Å². The minimum atomic E-state index is -0.422. The first-order valence-corrected chi connectivity index (χ1v) is 6.09. The summed E-state index contributed by atoms with van der Waals surface area (Å²) in [7, 11) is 0. The van der Waals surface area contributed by atoms with E-state index in [2.05, 4.69) is 15.9 Å². The number of carbonyl (C=O) groups is 1. The van der Waals surface area contributed by atoms with Gasteiger partial charge in [-0.05, 0) is 36.8 Å². The van der Waals surface area contributed by atoms with E-state index >= 15 is 0 Å². The minimum absolute atomic E-state index is 0.108. The average molecular weight is 309 g/mol. The van der Waals surface area contributed by atoms with Gasteiger partial charge in [-0.1, -0.05) is 28.1 Å². The SMILES string of the molecule is Cc1cccc(Oc2cc(Br)ccc2C=O)c1F. The highest BCUT2D eigenvalue weighted by Gasteiger charge is 2.10. The molecule has 2 rings (SSSR count). The average Bonchev–Trinajstić information content (AvgIpc) is 2.35. The Morgan fingerprint density at radius 1 is 1.22 bits per heavy atom. The predicted molar refractivity (Wildman–Crippen MR) is 70.7 cm³/mol. The number of hydrogen-bond donors (Lipinski definition) is 0. The molecule has 92 valence electrons. The van der Waals surface area contributed by atoms with Crippen LogP contribution in [0, 0.1) is 12.7 Å². The van der Waals surface area contributed by atoms with Gasteiger partial charge >= 0.3 is 0 Å². The van der Waals surface area contributed by atoms with Crippen LogP contribution in [0.3, 0.4) is 0 Å². The second-order valence-electron chi connectivity index (χ2n) is 3.79. The summed E-state index contributed by atoms with van der Waals surface area (Å²) in [6.07, 6.45) is 0.676. The highest BCUT2D eigenvalue weighted by Crippen LogP contribution is 2.30. The van der Waals surface area contributed by atoms with Crippen molar-refractivity contribution in [1.82, 2.24) is 0 Å². The van der Waals surface area contributed by atoms with Gasteiger partial charge in [-0.3, -0.25) is 4.79 Å². The lowest BCUT2D eigenvalue weighted by molar-refractivity contribution is 0.112. The van der Waals surface area contributed by atoms with Crippen LogP contribution in [-0.4, -0.2) is 6.29 Å². The van der Waals surface area contributed by atoms with Gasteiger partial charge in [0, 0.05) is 4.47 Å². The number of rotatable bonds is 3. The number of aryl methyl sites for hydroxylation is 1. The molecule has 0 aliphatic carbocycles. The lowest BCUT2D eigenvalue weighted by Gasteiger charge is -2.10. The van der Waals surface area contributed by atoms with E-state index in [0.29, 0.717) is 23.2 Å². The second kappa shape index (κ2) is 5.31. The topological polar surface area (TPSA) is 26.3 Å². The first-order chi connectivity index (χ1) is 8.61. The third kappa shape index (κ3) is 2.59. The minimum Gasteiger partial charge on any atom is -0.453 e. The second-order valence-corrected chi connectivity index (χ2v) is 4.70. The van der Waals surface area contributed by atoms with Crippen LogP contribution < -0.4 is 4.74 Å². The van der Waals surface area contributed by atoms with Gasteiger partial charge in [0.25, 0.3) is 0 Å². The normalized spacial score (nSPS) is 10.2. The van der Waals surface area contributed by atoms with Crippen molar-refractivity contribution in [2.24, 2.45) is 0 Å². The van der Waals surface area contributed by atoms with Gasteiger partial charge in [-0.25, -0.2) is 4.39 Å². The Morgan fingerprint density at radius 3 is 2.72 bits per heavy atom. The maximum Gasteiger partial charge on any atom is 0.168 e. The molecule has 0 aliphatic rings. The Bertz CT molecular complexity index is 596.